The molecule has 2 N–H and O–H groups in total. The first-order chi connectivity index (χ1) is 20.1. The summed E-state index contributed by atoms with van der Waals surface area (Å²) in [5.41, 5.74) is 0.0563. The smallest absolute Gasteiger partial charge is 0.414 e. The zero-order valence-electron chi connectivity index (χ0n) is 23.6. The Hall–Kier alpha value is -4.49. The van der Waals surface area contributed by atoms with E-state index in [9.17, 15) is 19.2 Å². The van der Waals surface area contributed by atoms with Crippen LogP contribution in [0.1, 0.15) is 31.1 Å². The lowest BCUT2D eigenvalue weighted by Crippen LogP contribution is -2.56. The van der Waals surface area contributed by atoms with Crippen LogP contribution in [0.15, 0.2) is 36.7 Å². The Kier molecular flexibility index (Phi) is 9.76. The summed E-state index contributed by atoms with van der Waals surface area (Å²) in [5.74, 6) is -2.63. The summed E-state index contributed by atoms with van der Waals surface area (Å²) in [4.78, 5) is 57.9. The molecule has 2 aromatic rings. The number of halogens is 2. The zero-order valence-corrected chi connectivity index (χ0v) is 23.6. The van der Waals surface area contributed by atoms with Crippen LogP contribution >= 0.6 is 0 Å². The second kappa shape index (κ2) is 13.4. The van der Waals surface area contributed by atoms with Gasteiger partial charge in [0.25, 0.3) is 5.91 Å². The molecule has 2 aliphatic heterocycles. The van der Waals surface area contributed by atoms with E-state index in [4.69, 9.17) is 9.47 Å². The Bertz CT molecular complexity index is 1280. The maximum absolute atomic E-state index is 15.2. The number of aromatic nitrogens is 1. The molecule has 4 rings (SSSR count). The lowest BCUT2D eigenvalue weighted by atomic mass is 10.0. The van der Waals surface area contributed by atoms with Crippen LogP contribution in [0.2, 0.25) is 0 Å². The lowest BCUT2D eigenvalue weighted by molar-refractivity contribution is -0.134. The molecule has 0 bridgehead atoms. The normalized spacial score (nSPS) is 17.6. The van der Waals surface area contributed by atoms with Crippen LogP contribution in [0.3, 0.4) is 0 Å². The topological polar surface area (TPSA) is 133 Å². The number of hydrogen-bond donors (Lipinski definition) is 2. The molecule has 14 heteroatoms. The third-order valence-corrected chi connectivity index (χ3v) is 6.99. The van der Waals surface area contributed by atoms with Crippen LogP contribution in [-0.4, -0.2) is 91.9 Å². The van der Waals surface area contributed by atoms with E-state index in [1.165, 1.54) is 11.1 Å². The summed E-state index contributed by atoms with van der Waals surface area (Å²) >= 11 is 0. The number of anilines is 2. The molecule has 2 saturated heterocycles. The number of nitrogens with zero attached hydrogens (tertiary/aromatic N) is 4. The molecule has 2 aliphatic rings. The van der Waals surface area contributed by atoms with E-state index in [0.29, 0.717) is 5.56 Å². The fourth-order valence-corrected chi connectivity index (χ4v) is 4.81. The van der Waals surface area contributed by atoms with E-state index < -0.39 is 41.9 Å². The van der Waals surface area contributed by atoms with Gasteiger partial charge < -0.3 is 29.9 Å². The van der Waals surface area contributed by atoms with Gasteiger partial charge in [0.15, 0.2) is 11.6 Å². The molecule has 1 aromatic carbocycles. The minimum Gasteiger partial charge on any atom is -0.450 e. The Morgan fingerprint density at radius 1 is 1.14 bits per heavy atom. The number of nitrogens with one attached hydrogen (secondary N) is 2. The van der Waals surface area contributed by atoms with Gasteiger partial charge in [-0.2, -0.15) is 0 Å². The number of pyridine rings is 1. The molecule has 0 aliphatic carbocycles. The maximum Gasteiger partial charge on any atom is 0.414 e. The summed E-state index contributed by atoms with van der Waals surface area (Å²) < 4.78 is 40.4. The van der Waals surface area contributed by atoms with Crippen molar-refractivity contribution in [1.82, 2.24) is 20.5 Å². The highest BCUT2D eigenvalue weighted by Crippen LogP contribution is 2.31. The third-order valence-electron chi connectivity index (χ3n) is 6.99. The van der Waals surface area contributed by atoms with Gasteiger partial charge in [-0.25, -0.2) is 18.4 Å². The highest BCUT2D eigenvalue weighted by Gasteiger charge is 2.35. The van der Waals surface area contributed by atoms with E-state index >= 15 is 8.78 Å². The molecule has 2 atom stereocenters. The molecule has 42 heavy (non-hydrogen) atoms. The van der Waals surface area contributed by atoms with Crippen molar-refractivity contribution >= 4 is 35.4 Å². The Labute approximate surface area is 241 Å². The zero-order chi connectivity index (χ0) is 30.4. The van der Waals surface area contributed by atoms with Crippen molar-refractivity contribution in [1.29, 1.82) is 0 Å². The first-order valence-corrected chi connectivity index (χ1v) is 13.7. The molecule has 226 valence electrons. The summed E-state index contributed by atoms with van der Waals surface area (Å²) in [6.07, 6.45) is 0.787. The van der Waals surface area contributed by atoms with Crippen LogP contribution in [0.5, 0.6) is 0 Å². The summed E-state index contributed by atoms with van der Waals surface area (Å²) in [6.45, 7) is 6.16. The number of benzene rings is 1. The maximum atomic E-state index is 15.2. The fourth-order valence-electron chi connectivity index (χ4n) is 4.81. The third kappa shape index (κ3) is 7.04. The number of piperazine rings is 1. The number of cyclic esters (lactones) is 1. The van der Waals surface area contributed by atoms with Crippen molar-refractivity contribution in [3.63, 3.8) is 0 Å². The predicted octanol–water partition coefficient (Wildman–Crippen LogP) is 2.53. The van der Waals surface area contributed by atoms with Gasteiger partial charge in [0.1, 0.15) is 17.8 Å². The number of hydrogen-bond acceptors (Lipinski definition) is 8. The first kappa shape index (κ1) is 30.5. The lowest BCUT2D eigenvalue weighted by Gasteiger charge is -2.38. The van der Waals surface area contributed by atoms with Crippen LogP contribution in [0.4, 0.5) is 29.7 Å². The number of amides is 4. The largest absolute Gasteiger partial charge is 0.450 e. The Morgan fingerprint density at radius 3 is 2.43 bits per heavy atom. The highest BCUT2D eigenvalue weighted by molar-refractivity contribution is 5.97. The molecule has 0 spiro atoms. The van der Waals surface area contributed by atoms with Crippen molar-refractivity contribution in [3.8, 4) is 0 Å². The molecule has 0 saturated carbocycles. The summed E-state index contributed by atoms with van der Waals surface area (Å²) in [6, 6.07) is 4.56. The van der Waals surface area contributed by atoms with Crippen molar-refractivity contribution < 1.29 is 37.4 Å². The highest BCUT2D eigenvalue weighted by atomic mass is 19.1. The van der Waals surface area contributed by atoms with E-state index in [1.54, 1.807) is 30.2 Å². The minimum absolute atomic E-state index is 0.0153. The van der Waals surface area contributed by atoms with Gasteiger partial charge in [0, 0.05) is 50.7 Å². The summed E-state index contributed by atoms with van der Waals surface area (Å²) in [5, 5.41) is 5.24. The molecule has 4 amide bonds. The minimum atomic E-state index is -0.866. The van der Waals surface area contributed by atoms with Crippen molar-refractivity contribution in [2.24, 2.45) is 5.92 Å². The van der Waals surface area contributed by atoms with Gasteiger partial charge in [-0.15, -0.1) is 0 Å². The average Bonchev–Trinajstić information content (AvgIpc) is 3.35. The van der Waals surface area contributed by atoms with Gasteiger partial charge in [-0.3, -0.25) is 19.5 Å². The molecule has 0 radical (unpaired) electrons. The number of alkyl carbamates (subject to hydrolysis) is 1. The van der Waals surface area contributed by atoms with Crippen LogP contribution in [0, 0.1) is 17.6 Å². The van der Waals surface area contributed by atoms with E-state index in [2.05, 4.69) is 15.6 Å². The van der Waals surface area contributed by atoms with Crippen molar-refractivity contribution in [3.05, 3.63) is 53.9 Å². The molecule has 2 unspecified atom stereocenters. The van der Waals surface area contributed by atoms with Crippen LogP contribution in [0.25, 0.3) is 0 Å². The second-order valence-electron chi connectivity index (χ2n) is 10.2. The molecule has 3 heterocycles. The van der Waals surface area contributed by atoms with Gasteiger partial charge in [-0.05, 0) is 25.0 Å². The van der Waals surface area contributed by atoms with Crippen LogP contribution in [-0.2, 0) is 14.3 Å². The molecular formula is C28H34F2N6O6. The molecular weight excluding hydrogens is 554 g/mol. The van der Waals surface area contributed by atoms with E-state index in [-0.39, 0.29) is 69.1 Å². The number of rotatable bonds is 9. The summed E-state index contributed by atoms with van der Waals surface area (Å²) in [7, 11) is 0. The predicted molar refractivity (Wildman–Crippen MR) is 148 cm³/mol. The molecule has 12 nitrogen and oxygen atoms in total. The Balaban J connectivity index is 1.37. The average molecular weight is 589 g/mol. The monoisotopic (exact) mass is 588 g/mol. The fraction of sp³-hybridized carbons (Fsp3) is 0.464. The molecule has 2 fully saturated rings. The number of carbonyl (C=O) groups excluding carboxylic acids is 4. The Morgan fingerprint density at radius 2 is 1.83 bits per heavy atom. The van der Waals surface area contributed by atoms with E-state index in [0.717, 1.165) is 17.0 Å². The molecule has 1 aromatic heterocycles. The van der Waals surface area contributed by atoms with Crippen LogP contribution < -0.4 is 20.4 Å². The SMILES string of the molecule is CCOC(=O)NCC1CN(c2cc(F)c(N3CCN(C(=O)C(NC(=O)c4cccnc4)C(C)C)CC3)c(F)c2)C(=O)O1. The van der Waals surface area contributed by atoms with Gasteiger partial charge in [0.05, 0.1) is 30.9 Å². The standard InChI is InChI=1S/C28H34F2N6O6/c1-4-41-27(39)32-15-20-16-36(28(40)42-20)19-12-21(29)24(22(30)13-19)34-8-10-35(11-9-34)26(38)23(17(2)3)33-25(37)18-6-5-7-31-14-18/h5-7,12-14,17,20,23H,4,8-11,15-16H2,1-3H3,(H,32,39)(H,33,37). The number of ether oxygens (including phenoxy) is 2. The van der Waals surface area contributed by atoms with Gasteiger partial charge in [0.2, 0.25) is 5.91 Å². The second-order valence-corrected chi connectivity index (χ2v) is 10.2. The first-order valence-electron chi connectivity index (χ1n) is 13.7. The van der Waals surface area contributed by atoms with Crippen molar-refractivity contribution in [2.75, 3.05) is 55.7 Å². The van der Waals surface area contributed by atoms with Gasteiger partial charge in [-0.1, -0.05) is 13.8 Å². The number of carbonyl (C=O) groups is 4. The van der Waals surface area contributed by atoms with Crippen molar-refractivity contribution in [2.45, 2.75) is 32.9 Å². The van der Waals surface area contributed by atoms with Gasteiger partial charge >= 0.3 is 12.2 Å². The van der Waals surface area contributed by atoms with E-state index in [1.807, 2.05) is 13.8 Å². The quantitative estimate of drug-likeness (QED) is 0.457.